The van der Waals surface area contributed by atoms with Gasteiger partial charge in [0.05, 0.1) is 11.3 Å². The summed E-state index contributed by atoms with van der Waals surface area (Å²) in [4.78, 5) is 8.66. The molecule has 1 aliphatic rings. The van der Waals surface area contributed by atoms with Crippen molar-refractivity contribution < 1.29 is 4.74 Å². The maximum atomic E-state index is 8.89. The summed E-state index contributed by atoms with van der Waals surface area (Å²) in [5.41, 5.74) is 7.83. The van der Waals surface area contributed by atoms with Crippen LogP contribution in [0.25, 0.3) is 0 Å². The van der Waals surface area contributed by atoms with Crippen LogP contribution in [0.3, 0.4) is 0 Å². The van der Waals surface area contributed by atoms with Crippen LogP contribution < -0.4 is 21.1 Å². The first kappa shape index (κ1) is 25.6. The van der Waals surface area contributed by atoms with E-state index in [0.29, 0.717) is 52.6 Å². The van der Waals surface area contributed by atoms with Crippen molar-refractivity contribution in [3.05, 3.63) is 72.1 Å². The summed E-state index contributed by atoms with van der Waals surface area (Å²) in [5.74, 6) is 3.81. The van der Waals surface area contributed by atoms with Crippen LogP contribution in [0.5, 0.6) is 11.5 Å². The van der Waals surface area contributed by atoms with E-state index in [9.17, 15) is 0 Å². The molecule has 0 bridgehead atoms. The molecule has 0 radical (unpaired) electrons. The summed E-state index contributed by atoms with van der Waals surface area (Å²) in [6.45, 7) is 4.58. The number of para-hydroxylation sites is 1. The van der Waals surface area contributed by atoms with Crippen LogP contribution in [0.4, 0.5) is 11.6 Å². The summed E-state index contributed by atoms with van der Waals surface area (Å²) in [6.07, 6.45) is 7.17. The third kappa shape index (κ3) is 6.40. The normalized spacial score (nSPS) is 18.6. The number of nitrogens with one attached hydrogen (secondary N) is 3. The van der Waals surface area contributed by atoms with Gasteiger partial charge in [-0.1, -0.05) is 32.0 Å². The van der Waals surface area contributed by atoms with E-state index >= 15 is 0 Å². The molecule has 1 heterocycles. The van der Waals surface area contributed by atoms with Crippen LogP contribution in [0.2, 0.25) is 0 Å². The molecule has 5 N–H and O–H groups in total. The second-order valence-corrected chi connectivity index (χ2v) is 10.1. The number of aromatic nitrogens is 2. The van der Waals surface area contributed by atoms with E-state index in [0.717, 1.165) is 24.2 Å². The Morgan fingerprint density at radius 3 is 2.31 bits per heavy atom. The number of hydrogen-bond acceptors (Lipinski definition) is 7. The van der Waals surface area contributed by atoms with Crippen molar-refractivity contribution in [1.82, 2.24) is 15.3 Å². The Balaban J connectivity index is 1.43. The fourth-order valence-electron chi connectivity index (χ4n) is 5.13. The lowest BCUT2D eigenvalue weighted by Crippen LogP contribution is -2.39. The molecule has 190 valence electrons. The number of nitrogens with zero attached hydrogens (tertiary/aromatic N) is 2. The maximum Gasteiger partial charge on any atom is 0.141 e. The van der Waals surface area contributed by atoms with E-state index in [-0.39, 0.29) is 0 Å². The molecular formula is C29H38N6O. The van der Waals surface area contributed by atoms with Crippen LogP contribution in [0.1, 0.15) is 57.1 Å². The summed E-state index contributed by atoms with van der Waals surface area (Å²) in [5, 5.41) is 16.0. The second-order valence-electron chi connectivity index (χ2n) is 10.1. The molecule has 0 amide bonds. The lowest BCUT2D eigenvalue weighted by atomic mass is 9.79. The summed E-state index contributed by atoms with van der Waals surface area (Å²) in [6, 6.07) is 18.0. The predicted molar refractivity (Wildman–Crippen MR) is 147 cm³/mol. The van der Waals surface area contributed by atoms with Gasteiger partial charge in [-0.05, 0) is 87.4 Å². The molecule has 1 atom stereocenters. The number of nitrogens with two attached hydrogens (primary N) is 1. The van der Waals surface area contributed by atoms with Crippen LogP contribution in [-0.4, -0.2) is 34.8 Å². The van der Waals surface area contributed by atoms with Gasteiger partial charge in [0.2, 0.25) is 0 Å². The van der Waals surface area contributed by atoms with E-state index in [1.807, 2.05) is 54.6 Å². The molecule has 36 heavy (non-hydrogen) atoms. The van der Waals surface area contributed by atoms with Gasteiger partial charge >= 0.3 is 0 Å². The first-order valence-corrected chi connectivity index (χ1v) is 12.9. The molecule has 1 aliphatic carbocycles. The molecule has 1 fully saturated rings. The Morgan fingerprint density at radius 2 is 1.67 bits per heavy atom. The summed E-state index contributed by atoms with van der Waals surface area (Å²) in [7, 11) is 2.08. The van der Waals surface area contributed by atoms with Gasteiger partial charge in [-0.15, -0.1) is 0 Å². The molecule has 7 heteroatoms. The largest absolute Gasteiger partial charge is 0.457 e. The highest BCUT2D eigenvalue weighted by atomic mass is 16.5. The topological polar surface area (TPSA) is 109 Å². The molecule has 0 aliphatic heterocycles. The molecule has 7 nitrogen and oxygen atoms in total. The van der Waals surface area contributed by atoms with Crippen molar-refractivity contribution >= 4 is 17.3 Å². The highest BCUT2D eigenvalue weighted by molar-refractivity contribution is 6.16. The molecule has 0 unspecified atom stereocenters. The van der Waals surface area contributed by atoms with E-state index < -0.39 is 0 Å². The van der Waals surface area contributed by atoms with E-state index in [4.69, 9.17) is 15.9 Å². The van der Waals surface area contributed by atoms with Gasteiger partial charge in [-0.3, -0.25) is 5.41 Å². The number of hydrogen-bond donors (Lipinski definition) is 4. The number of ether oxygens (including phenoxy) is 1. The van der Waals surface area contributed by atoms with Crippen LogP contribution >= 0.6 is 0 Å². The van der Waals surface area contributed by atoms with Crippen molar-refractivity contribution in [1.29, 1.82) is 5.41 Å². The van der Waals surface area contributed by atoms with Crippen molar-refractivity contribution in [2.45, 2.75) is 58.0 Å². The molecule has 1 saturated carbocycles. The van der Waals surface area contributed by atoms with Crippen LogP contribution in [-0.2, 0) is 0 Å². The van der Waals surface area contributed by atoms with Crippen LogP contribution in [0, 0.1) is 17.2 Å². The molecule has 0 spiro atoms. The molecule has 0 saturated heterocycles. The highest BCUT2D eigenvalue weighted by Gasteiger charge is 2.28. The molecule has 1 aromatic heterocycles. The van der Waals surface area contributed by atoms with Gasteiger partial charge in [0.15, 0.2) is 0 Å². The first-order chi connectivity index (χ1) is 17.4. The number of benzene rings is 2. The van der Waals surface area contributed by atoms with Gasteiger partial charge in [0.1, 0.15) is 29.5 Å². The third-order valence-corrected chi connectivity index (χ3v) is 7.03. The van der Waals surface area contributed by atoms with Gasteiger partial charge in [0, 0.05) is 17.6 Å². The van der Waals surface area contributed by atoms with Crippen molar-refractivity contribution in [3.63, 3.8) is 0 Å². The van der Waals surface area contributed by atoms with Crippen molar-refractivity contribution in [2.24, 2.45) is 11.8 Å². The zero-order chi connectivity index (χ0) is 25.5. The average molecular weight is 487 g/mol. The second kappa shape index (κ2) is 12.0. The summed E-state index contributed by atoms with van der Waals surface area (Å²) < 4.78 is 5.88. The van der Waals surface area contributed by atoms with Gasteiger partial charge in [-0.2, -0.15) is 0 Å². The minimum Gasteiger partial charge on any atom is -0.457 e. The van der Waals surface area contributed by atoms with Crippen molar-refractivity contribution in [2.75, 3.05) is 18.1 Å². The van der Waals surface area contributed by atoms with Crippen LogP contribution in [0.15, 0.2) is 60.9 Å². The minimum atomic E-state index is 0.294. The number of rotatable bonds is 10. The number of nitrogen functional groups attached to an aromatic ring is 1. The van der Waals surface area contributed by atoms with E-state index in [1.165, 1.54) is 25.6 Å². The zero-order valence-corrected chi connectivity index (χ0v) is 21.5. The Morgan fingerprint density at radius 1 is 1.00 bits per heavy atom. The van der Waals surface area contributed by atoms with Crippen molar-refractivity contribution in [3.8, 4) is 11.5 Å². The lowest BCUT2D eigenvalue weighted by molar-refractivity contribution is 0.242. The lowest BCUT2D eigenvalue weighted by Gasteiger charge is -2.35. The predicted octanol–water partition coefficient (Wildman–Crippen LogP) is 5.87. The maximum absolute atomic E-state index is 8.89. The molecular weight excluding hydrogens is 448 g/mol. The highest BCUT2D eigenvalue weighted by Crippen LogP contribution is 2.32. The quantitative estimate of drug-likeness (QED) is 0.267. The Hall–Kier alpha value is -3.45. The van der Waals surface area contributed by atoms with E-state index in [2.05, 4.69) is 41.5 Å². The van der Waals surface area contributed by atoms with E-state index in [1.54, 1.807) is 0 Å². The minimum absolute atomic E-state index is 0.294. The molecule has 4 rings (SSSR count). The third-order valence-electron chi connectivity index (χ3n) is 7.03. The summed E-state index contributed by atoms with van der Waals surface area (Å²) >= 11 is 0. The smallest absolute Gasteiger partial charge is 0.141 e. The Kier molecular flexibility index (Phi) is 8.54. The monoisotopic (exact) mass is 486 g/mol. The molecule has 3 aromatic rings. The Labute approximate surface area is 214 Å². The standard InChI is InChI=1S/C29H38N6O/c1-19(2)17-25(32-3)20-9-13-22(14-10-20)35-29-26(28(31)33-18-34-29)27(30)21-11-15-24(16-12-21)36-23-7-5-4-6-8-23/h4-8,11-12,15-16,18-20,22,25,30,32H,9-10,13-14,17H2,1-3H3,(H3,31,33,34,35)/t20?,22?,25-/m1/s1. The van der Waals surface area contributed by atoms with Gasteiger partial charge < -0.3 is 21.1 Å². The van der Waals surface area contributed by atoms with Gasteiger partial charge in [-0.25, -0.2) is 9.97 Å². The zero-order valence-electron chi connectivity index (χ0n) is 21.5. The van der Waals surface area contributed by atoms with Gasteiger partial charge in [0.25, 0.3) is 0 Å². The average Bonchev–Trinajstić information content (AvgIpc) is 2.88. The first-order valence-electron chi connectivity index (χ1n) is 12.9. The SMILES string of the molecule is CN[C@H](CC(C)C)C1CCC(Nc2ncnc(N)c2C(=N)c2ccc(Oc3ccccc3)cc2)CC1. The fraction of sp³-hybridized carbons (Fsp3) is 0.414. The molecule has 2 aromatic carbocycles. The fourth-order valence-corrected chi connectivity index (χ4v) is 5.13. The number of anilines is 2. The Bertz CT molecular complexity index is 1120.